The van der Waals surface area contributed by atoms with Crippen molar-refractivity contribution in [1.82, 2.24) is 14.8 Å². The van der Waals surface area contributed by atoms with Gasteiger partial charge >= 0.3 is 0 Å². The van der Waals surface area contributed by atoms with Gasteiger partial charge in [-0.05, 0) is 75.5 Å². The molecule has 3 aliphatic rings. The number of hydrogen-bond acceptors (Lipinski definition) is 3. The van der Waals surface area contributed by atoms with Crippen LogP contribution in [0, 0.1) is 6.92 Å². The van der Waals surface area contributed by atoms with Gasteiger partial charge in [0.15, 0.2) is 0 Å². The van der Waals surface area contributed by atoms with Gasteiger partial charge in [-0.15, -0.1) is 0 Å². The van der Waals surface area contributed by atoms with Crippen LogP contribution in [0.3, 0.4) is 0 Å². The van der Waals surface area contributed by atoms with E-state index in [0.717, 1.165) is 79.3 Å². The van der Waals surface area contributed by atoms with Gasteiger partial charge in [0.05, 0.1) is 11.1 Å². The third kappa shape index (κ3) is 3.97. The number of anilines is 1. The van der Waals surface area contributed by atoms with Crippen LogP contribution in [-0.4, -0.2) is 59.3 Å². The number of aromatic nitrogens is 1. The van der Waals surface area contributed by atoms with Crippen molar-refractivity contribution in [3.8, 4) is 0 Å². The molecule has 2 N–H and O–H groups in total. The van der Waals surface area contributed by atoms with Gasteiger partial charge < -0.3 is 20.1 Å². The fourth-order valence-electron chi connectivity index (χ4n) is 5.11. The van der Waals surface area contributed by atoms with Crippen molar-refractivity contribution in [3.05, 3.63) is 51.3 Å². The second-order valence-corrected chi connectivity index (χ2v) is 9.45. The van der Waals surface area contributed by atoms with Crippen LogP contribution in [0.2, 0.25) is 5.02 Å². The number of carbonyl (C=O) groups is 2. The smallest absolute Gasteiger partial charge is 0.256 e. The SMILES string of the molecule is Cc1c(/C=C2\C(=O)Nc3ccc(Cl)cc32)[nH]c2c1C(=O)N(CCN1CCCCC1)CCC2. The molecule has 0 aliphatic carbocycles. The van der Waals surface area contributed by atoms with Crippen LogP contribution >= 0.6 is 11.6 Å². The molecular weight excluding hydrogens is 424 g/mol. The normalized spacial score (nSPS) is 20.3. The molecular formula is C25H29ClN4O2. The quantitative estimate of drug-likeness (QED) is 0.678. The standard InChI is InChI=1S/C25H29ClN4O2/c1-16-22(15-19-18-14-17(26)7-8-20(18)28-24(19)31)27-21-6-5-11-30(25(32)23(16)21)13-12-29-9-3-2-4-10-29/h7-8,14-15,27H,2-6,9-13H2,1H3,(H,28,31)/b19-15-. The molecule has 0 radical (unpaired) electrons. The van der Waals surface area contributed by atoms with Crippen LogP contribution < -0.4 is 5.32 Å². The van der Waals surface area contributed by atoms with E-state index in [1.165, 1.54) is 19.3 Å². The Bertz CT molecular complexity index is 1100. The van der Waals surface area contributed by atoms with Gasteiger partial charge in [0, 0.05) is 47.3 Å². The highest BCUT2D eigenvalue weighted by Crippen LogP contribution is 2.36. The van der Waals surface area contributed by atoms with E-state index in [9.17, 15) is 9.59 Å². The number of benzene rings is 1. The third-order valence-corrected chi connectivity index (χ3v) is 7.15. The van der Waals surface area contributed by atoms with Gasteiger partial charge in [0.2, 0.25) is 0 Å². The number of aryl methyl sites for hydroxylation is 1. The number of nitrogens with zero attached hydrogens (tertiary/aromatic N) is 2. The summed E-state index contributed by atoms with van der Waals surface area (Å²) in [6, 6.07) is 5.39. The summed E-state index contributed by atoms with van der Waals surface area (Å²) in [4.78, 5) is 34.0. The number of fused-ring (bicyclic) bond motifs is 2. The number of H-pyrrole nitrogens is 1. The van der Waals surface area contributed by atoms with E-state index in [-0.39, 0.29) is 11.8 Å². The summed E-state index contributed by atoms with van der Waals surface area (Å²) in [5.41, 5.74) is 5.60. The maximum Gasteiger partial charge on any atom is 0.256 e. The maximum absolute atomic E-state index is 13.5. The summed E-state index contributed by atoms with van der Waals surface area (Å²) in [6.07, 6.45) is 7.46. The average Bonchev–Trinajstić information content (AvgIpc) is 3.20. The van der Waals surface area contributed by atoms with Crippen LogP contribution in [-0.2, 0) is 11.2 Å². The van der Waals surface area contributed by atoms with Gasteiger partial charge in [-0.25, -0.2) is 0 Å². The van der Waals surface area contributed by atoms with Crippen molar-refractivity contribution in [3.63, 3.8) is 0 Å². The number of piperidine rings is 1. The van der Waals surface area contributed by atoms with Crippen molar-refractivity contribution in [1.29, 1.82) is 0 Å². The first-order valence-corrected chi connectivity index (χ1v) is 11.9. The van der Waals surface area contributed by atoms with Crippen LogP contribution in [0.4, 0.5) is 5.69 Å². The van der Waals surface area contributed by atoms with E-state index in [0.29, 0.717) is 10.6 Å². The van der Waals surface area contributed by atoms with Crippen molar-refractivity contribution >= 4 is 40.8 Å². The lowest BCUT2D eigenvalue weighted by Crippen LogP contribution is -2.40. The Kier molecular flexibility index (Phi) is 5.82. The zero-order valence-electron chi connectivity index (χ0n) is 18.5. The fourth-order valence-corrected chi connectivity index (χ4v) is 5.29. The highest BCUT2D eigenvalue weighted by Gasteiger charge is 2.29. The van der Waals surface area contributed by atoms with E-state index in [1.54, 1.807) is 12.1 Å². The molecule has 0 unspecified atom stereocenters. The molecule has 1 aromatic carbocycles. The minimum Gasteiger partial charge on any atom is -0.358 e. The predicted molar refractivity (Wildman–Crippen MR) is 128 cm³/mol. The molecule has 4 heterocycles. The van der Waals surface area contributed by atoms with E-state index in [2.05, 4.69) is 15.2 Å². The molecule has 1 fully saturated rings. The van der Waals surface area contributed by atoms with Crippen LogP contribution in [0.1, 0.15) is 58.6 Å². The molecule has 0 saturated carbocycles. The zero-order valence-corrected chi connectivity index (χ0v) is 19.2. The topological polar surface area (TPSA) is 68.4 Å². The monoisotopic (exact) mass is 452 g/mol. The molecule has 0 bridgehead atoms. The number of amides is 2. The summed E-state index contributed by atoms with van der Waals surface area (Å²) < 4.78 is 0. The van der Waals surface area contributed by atoms with E-state index >= 15 is 0 Å². The molecule has 7 heteroatoms. The molecule has 0 atom stereocenters. The Balaban J connectivity index is 1.41. The Morgan fingerprint density at radius 3 is 2.69 bits per heavy atom. The lowest BCUT2D eigenvalue weighted by molar-refractivity contribution is -0.110. The lowest BCUT2D eigenvalue weighted by Gasteiger charge is -2.29. The Morgan fingerprint density at radius 2 is 1.88 bits per heavy atom. The zero-order chi connectivity index (χ0) is 22.2. The van der Waals surface area contributed by atoms with Gasteiger partial charge in [-0.1, -0.05) is 18.0 Å². The number of nitrogens with one attached hydrogen (secondary N) is 2. The molecule has 5 rings (SSSR count). The number of halogens is 1. The van der Waals surface area contributed by atoms with E-state index in [1.807, 2.05) is 24.0 Å². The van der Waals surface area contributed by atoms with Crippen LogP contribution in [0.15, 0.2) is 18.2 Å². The first-order chi connectivity index (χ1) is 15.5. The lowest BCUT2D eigenvalue weighted by atomic mass is 10.0. The second-order valence-electron chi connectivity index (χ2n) is 9.02. The molecule has 168 valence electrons. The predicted octanol–water partition coefficient (Wildman–Crippen LogP) is 4.34. The third-order valence-electron chi connectivity index (χ3n) is 6.91. The molecule has 0 spiro atoms. The molecule has 6 nitrogen and oxygen atoms in total. The van der Waals surface area contributed by atoms with Crippen molar-refractivity contribution in [2.75, 3.05) is 38.0 Å². The van der Waals surface area contributed by atoms with Crippen molar-refractivity contribution in [2.24, 2.45) is 0 Å². The summed E-state index contributed by atoms with van der Waals surface area (Å²) in [6.45, 7) is 6.76. The molecule has 1 saturated heterocycles. The number of carbonyl (C=O) groups excluding carboxylic acids is 2. The van der Waals surface area contributed by atoms with Gasteiger partial charge in [0.1, 0.15) is 0 Å². The van der Waals surface area contributed by atoms with Gasteiger partial charge in [0.25, 0.3) is 11.8 Å². The minimum absolute atomic E-state index is 0.104. The summed E-state index contributed by atoms with van der Waals surface area (Å²) >= 11 is 6.16. The van der Waals surface area contributed by atoms with Crippen LogP contribution in [0.25, 0.3) is 11.6 Å². The Labute approximate surface area is 193 Å². The first kappa shape index (κ1) is 21.3. The highest BCUT2D eigenvalue weighted by atomic mass is 35.5. The number of rotatable bonds is 4. The number of hydrogen-bond donors (Lipinski definition) is 2. The first-order valence-electron chi connectivity index (χ1n) is 11.6. The maximum atomic E-state index is 13.5. The summed E-state index contributed by atoms with van der Waals surface area (Å²) in [5.74, 6) is -0.0480. The fraction of sp³-hybridized carbons (Fsp3) is 0.440. The average molecular weight is 453 g/mol. The molecule has 1 aromatic heterocycles. The van der Waals surface area contributed by atoms with E-state index < -0.39 is 0 Å². The number of likely N-dealkylation sites (tertiary alicyclic amines) is 1. The molecule has 2 aromatic rings. The second kappa shape index (κ2) is 8.75. The summed E-state index contributed by atoms with van der Waals surface area (Å²) in [7, 11) is 0. The van der Waals surface area contributed by atoms with Crippen LogP contribution in [0.5, 0.6) is 0 Å². The Morgan fingerprint density at radius 1 is 1.06 bits per heavy atom. The largest absolute Gasteiger partial charge is 0.358 e. The van der Waals surface area contributed by atoms with Crippen molar-refractivity contribution in [2.45, 2.75) is 39.0 Å². The molecule has 32 heavy (non-hydrogen) atoms. The van der Waals surface area contributed by atoms with Crippen molar-refractivity contribution < 1.29 is 9.59 Å². The Hall–Kier alpha value is -2.57. The number of aromatic amines is 1. The van der Waals surface area contributed by atoms with E-state index in [4.69, 9.17) is 11.6 Å². The minimum atomic E-state index is -0.152. The highest BCUT2D eigenvalue weighted by molar-refractivity contribution is 6.36. The molecule has 3 aliphatic heterocycles. The van der Waals surface area contributed by atoms with Gasteiger partial charge in [-0.2, -0.15) is 0 Å². The molecule has 2 amide bonds. The van der Waals surface area contributed by atoms with Gasteiger partial charge in [-0.3, -0.25) is 9.59 Å². The summed E-state index contributed by atoms with van der Waals surface area (Å²) in [5, 5.41) is 3.48.